The molecule has 0 bridgehead atoms. The summed E-state index contributed by atoms with van der Waals surface area (Å²) in [6, 6.07) is 6.64. The number of hydrogen-bond donors (Lipinski definition) is 1. The Morgan fingerprint density at radius 2 is 2.30 bits per heavy atom. The normalized spacial score (nSPS) is 18.1. The lowest BCUT2D eigenvalue weighted by Gasteiger charge is -2.23. The van der Waals surface area contributed by atoms with Crippen LogP contribution in [0.2, 0.25) is 0 Å². The van der Waals surface area contributed by atoms with Gasteiger partial charge < -0.3 is 5.73 Å². The van der Waals surface area contributed by atoms with E-state index in [2.05, 4.69) is 5.10 Å². The number of benzene rings is 1. The van der Waals surface area contributed by atoms with Crippen molar-refractivity contribution in [3.05, 3.63) is 47.0 Å². The van der Waals surface area contributed by atoms with Gasteiger partial charge in [0, 0.05) is 5.69 Å². The second kappa shape index (κ2) is 5.37. The molecule has 4 heteroatoms. The highest BCUT2D eigenvalue weighted by molar-refractivity contribution is 5.40. The first-order valence-corrected chi connectivity index (χ1v) is 7.25. The second-order valence-electron chi connectivity index (χ2n) is 5.50. The van der Waals surface area contributed by atoms with E-state index in [-0.39, 0.29) is 5.82 Å². The molecule has 1 heterocycles. The van der Waals surface area contributed by atoms with Crippen molar-refractivity contribution < 1.29 is 4.39 Å². The molecule has 2 aromatic rings. The molecule has 3 rings (SSSR count). The maximum Gasteiger partial charge on any atom is 0.125 e. The molecule has 2 N–H and O–H groups in total. The summed E-state index contributed by atoms with van der Waals surface area (Å²) in [6.07, 6.45) is 4.34. The van der Waals surface area contributed by atoms with Gasteiger partial charge in [-0.15, -0.1) is 0 Å². The van der Waals surface area contributed by atoms with Gasteiger partial charge in [0.1, 0.15) is 5.82 Å². The topological polar surface area (TPSA) is 43.8 Å². The lowest BCUT2D eigenvalue weighted by Crippen LogP contribution is -2.15. The van der Waals surface area contributed by atoms with E-state index in [0.29, 0.717) is 12.5 Å². The van der Waals surface area contributed by atoms with Gasteiger partial charge in [-0.2, -0.15) is 5.10 Å². The minimum Gasteiger partial charge on any atom is -0.330 e. The molecule has 1 unspecified atom stereocenters. The minimum absolute atomic E-state index is 0.223. The number of aryl methyl sites for hydroxylation is 1. The van der Waals surface area contributed by atoms with E-state index in [1.54, 1.807) is 12.1 Å². The first kappa shape index (κ1) is 13.3. The number of hydrogen-bond acceptors (Lipinski definition) is 2. The van der Waals surface area contributed by atoms with Crippen molar-refractivity contribution >= 4 is 0 Å². The third-order valence-corrected chi connectivity index (χ3v) is 4.15. The van der Waals surface area contributed by atoms with Gasteiger partial charge >= 0.3 is 0 Å². The summed E-state index contributed by atoms with van der Waals surface area (Å²) in [6.45, 7) is 2.75. The molecule has 0 aliphatic heterocycles. The first-order chi connectivity index (χ1) is 9.70. The number of rotatable bonds is 3. The van der Waals surface area contributed by atoms with Gasteiger partial charge in [-0.3, -0.25) is 0 Å². The molecule has 0 amide bonds. The van der Waals surface area contributed by atoms with Gasteiger partial charge in [0.25, 0.3) is 0 Å². The first-order valence-electron chi connectivity index (χ1n) is 7.25. The Bertz CT molecular complexity index is 618. The molecule has 1 aliphatic rings. The van der Waals surface area contributed by atoms with Gasteiger partial charge in [-0.25, -0.2) is 9.07 Å². The molecule has 0 saturated carbocycles. The van der Waals surface area contributed by atoms with Crippen molar-refractivity contribution in [1.29, 1.82) is 0 Å². The predicted molar refractivity (Wildman–Crippen MR) is 77.6 cm³/mol. The van der Waals surface area contributed by atoms with Crippen LogP contribution in [0.1, 0.15) is 42.1 Å². The van der Waals surface area contributed by atoms with Crippen LogP contribution in [0.15, 0.2) is 24.3 Å². The fourth-order valence-corrected chi connectivity index (χ4v) is 3.33. The van der Waals surface area contributed by atoms with Crippen molar-refractivity contribution in [2.45, 2.75) is 38.5 Å². The fraction of sp³-hybridized carbons (Fsp3) is 0.438. The molecule has 20 heavy (non-hydrogen) atoms. The SMILES string of the molecule is Cc1nn(-c2cccc(F)c2)c2c1C(CCN)CCC2. The lowest BCUT2D eigenvalue weighted by molar-refractivity contribution is 0.516. The van der Waals surface area contributed by atoms with Crippen LogP contribution in [0.5, 0.6) is 0 Å². The van der Waals surface area contributed by atoms with Crippen LogP contribution in [0.3, 0.4) is 0 Å². The van der Waals surface area contributed by atoms with Crippen LogP contribution in [-0.4, -0.2) is 16.3 Å². The van der Waals surface area contributed by atoms with Gasteiger partial charge in [0.05, 0.1) is 11.4 Å². The van der Waals surface area contributed by atoms with Crippen LogP contribution in [0.25, 0.3) is 5.69 Å². The third kappa shape index (κ3) is 2.24. The predicted octanol–water partition coefficient (Wildman–Crippen LogP) is 3.09. The summed E-state index contributed by atoms with van der Waals surface area (Å²) in [4.78, 5) is 0. The van der Waals surface area contributed by atoms with Crippen LogP contribution in [0.4, 0.5) is 4.39 Å². The van der Waals surface area contributed by atoms with Crippen LogP contribution < -0.4 is 5.73 Å². The lowest BCUT2D eigenvalue weighted by atomic mass is 9.83. The van der Waals surface area contributed by atoms with Crippen LogP contribution >= 0.6 is 0 Å². The highest BCUT2D eigenvalue weighted by Crippen LogP contribution is 2.36. The largest absolute Gasteiger partial charge is 0.330 e. The summed E-state index contributed by atoms with van der Waals surface area (Å²) in [7, 11) is 0. The van der Waals surface area contributed by atoms with Crippen LogP contribution in [-0.2, 0) is 6.42 Å². The van der Waals surface area contributed by atoms with E-state index < -0.39 is 0 Å². The Hall–Kier alpha value is -1.68. The molecule has 1 atom stereocenters. The average Bonchev–Trinajstić information content (AvgIpc) is 2.78. The standard InChI is InChI=1S/C16H20FN3/c1-11-16-12(8-9-18)4-2-7-15(16)20(19-11)14-6-3-5-13(17)10-14/h3,5-6,10,12H,2,4,7-9,18H2,1H3. The zero-order valence-corrected chi connectivity index (χ0v) is 11.8. The number of aromatic nitrogens is 2. The van der Waals surface area contributed by atoms with Crippen molar-refractivity contribution in [1.82, 2.24) is 9.78 Å². The van der Waals surface area contributed by atoms with Gasteiger partial charge in [-0.05, 0) is 68.8 Å². The van der Waals surface area contributed by atoms with Crippen molar-refractivity contribution in [2.24, 2.45) is 5.73 Å². The zero-order valence-electron chi connectivity index (χ0n) is 11.8. The molecule has 0 fully saturated rings. The smallest absolute Gasteiger partial charge is 0.125 e. The Morgan fingerprint density at radius 1 is 1.45 bits per heavy atom. The highest BCUT2D eigenvalue weighted by Gasteiger charge is 2.26. The Morgan fingerprint density at radius 3 is 3.05 bits per heavy atom. The zero-order chi connectivity index (χ0) is 14.1. The van der Waals surface area contributed by atoms with E-state index in [1.165, 1.54) is 23.7 Å². The van der Waals surface area contributed by atoms with E-state index in [4.69, 9.17) is 5.73 Å². The minimum atomic E-state index is -0.223. The molecular formula is C16H20FN3. The maximum atomic E-state index is 13.4. The number of nitrogens with zero attached hydrogens (tertiary/aromatic N) is 2. The van der Waals surface area contributed by atoms with Crippen LogP contribution in [0, 0.1) is 12.7 Å². The average molecular weight is 273 g/mol. The molecule has 1 aliphatic carbocycles. The monoisotopic (exact) mass is 273 g/mol. The van der Waals surface area contributed by atoms with E-state index in [0.717, 1.165) is 30.6 Å². The number of halogens is 1. The molecule has 106 valence electrons. The van der Waals surface area contributed by atoms with E-state index in [9.17, 15) is 4.39 Å². The maximum absolute atomic E-state index is 13.4. The quantitative estimate of drug-likeness (QED) is 0.934. The van der Waals surface area contributed by atoms with Gasteiger partial charge in [0.15, 0.2) is 0 Å². The molecular weight excluding hydrogens is 253 g/mol. The Labute approximate surface area is 118 Å². The summed E-state index contributed by atoms with van der Waals surface area (Å²) >= 11 is 0. The molecule has 0 radical (unpaired) electrons. The second-order valence-corrected chi connectivity index (χ2v) is 5.50. The summed E-state index contributed by atoms with van der Waals surface area (Å²) in [5.74, 6) is 0.282. The molecule has 1 aromatic heterocycles. The highest BCUT2D eigenvalue weighted by atomic mass is 19.1. The Balaban J connectivity index is 2.08. The summed E-state index contributed by atoms with van der Waals surface area (Å²) in [5.41, 5.74) is 10.2. The molecule has 3 nitrogen and oxygen atoms in total. The molecule has 1 aromatic carbocycles. The van der Waals surface area contributed by atoms with Crippen molar-refractivity contribution in [3.8, 4) is 5.69 Å². The van der Waals surface area contributed by atoms with E-state index >= 15 is 0 Å². The van der Waals surface area contributed by atoms with Gasteiger partial charge in [-0.1, -0.05) is 6.07 Å². The summed E-state index contributed by atoms with van der Waals surface area (Å²) in [5, 5.41) is 4.65. The third-order valence-electron chi connectivity index (χ3n) is 4.15. The number of fused-ring (bicyclic) bond motifs is 1. The van der Waals surface area contributed by atoms with Crippen molar-refractivity contribution in [3.63, 3.8) is 0 Å². The molecule has 0 spiro atoms. The number of nitrogens with two attached hydrogens (primary N) is 1. The van der Waals surface area contributed by atoms with E-state index in [1.807, 2.05) is 17.7 Å². The fourth-order valence-electron chi connectivity index (χ4n) is 3.33. The Kier molecular flexibility index (Phi) is 3.57. The molecule has 0 saturated heterocycles. The summed E-state index contributed by atoms with van der Waals surface area (Å²) < 4.78 is 15.3. The van der Waals surface area contributed by atoms with Gasteiger partial charge in [0.2, 0.25) is 0 Å². The van der Waals surface area contributed by atoms with Crippen molar-refractivity contribution in [2.75, 3.05) is 6.54 Å².